The Hall–Kier alpha value is -0.748. The van der Waals surface area contributed by atoms with Crippen molar-refractivity contribution >= 4 is 43.3 Å². The highest BCUT2D eigenvalue weighted by atomic mass is 35.5. The fraction of sp³-hybridized carbons (Fsp3) is 0.600. The maximum absolute atomic E-state index is 6.64. The largest absolute Gasteiger partial charge is 0.494 e. The highest BCUT2D eigenvalue weighted by Gasteiger charge is 2.51. The zero-order valence-electron chi connectivity index (χ0n) is 17.5. The summed E-state index contributed by atoms with van der Waals surface area (Å²) in [6.07, 6.45) is 2.11. The number of benzene rings is 1. The normalized spacial score (nSPS) is 20.2. The maximum atomic E-state index is 6.64. The quantitative estimate of drug-likeness (QED) is 0.636. The Labute approximate surface area is 164 Å². The van der Waals surface area contributed by atoms with Crippen molar-refractivity contribution in [1.29, 1.82) is 0 Å². The third kappa shape index (κ3) is 2.97. The molecule has 1 fully saturated rings. The van der Waals surface area contributed by atoms with E-state index in [4.69, 9.17) is 20.9 Å². The Bertz CT molecular complexity index is 835. The molecule has 26 heavy (non-hydrogen) atoms. The predicted molar refractivity (Wildman–Crippen MR) is 115 cm³/mol. The van der Waals surface area contributed by atoms with E-state index >= 15 is 0 Å². The van der Waals surface area contributed by atoms with Gasteiger partial charge in [-0.1, -0.05) is 57.6 Å². The zero-order chi connectivity index (χ0) is 19.7. The second-order valence-corrected chi connectivity index (χ2v) is 15.5. The molecule has 0 saturated carbocycles. The molecule has 0 amide bonds. The maximum Gasteiger partial charge on any atom is 0.494 e. The van der Waals surface area contributed by atoms with Crippen LogP contribution in [0.15, 0.2) is 24.4 Å². The van der Waals surface area contributed by atoms with Gasteiger partial charge in [0.15, 0.2) is 8.24 Å². The van der Waals surface area contributed by atoms with E-state index in [1.165, 1.54) is 5.52 Å². The van der Waals surface area contributed by atoms with E-state index in [-0.39, 0.29) is 23.4 Å². The second kappa shape index (κ2) is 5.87. The summed E-state index contributed by atoms with van der Waals surface area (Å²) in [5.41, 5.74) is 1.53. The Morgan fingerprint density at radius 2 is 1.58 bits per heavy atom. The van der Waals surface area contributed by atoms with Crippen molar-refractivity contribution in [2.45, 2.75) is 77.8 Å². The summed E-state index contributed by atoms with van der Waals surface area (Å²) in [6, 6.07) is 6.41. The van der Waals surface area contributed by atoms with E-state index in [9.17, 15) is 0 Å². The smallest absolute Gasteiger partial charge is 0.399 e. The lowest BCUT2D eigenvalue weighted by Crippen LogP contribution is -2.45. The zero-order valence-corrected chi connectivity index (χ0v) is 19.3. The van der Waals surface area contributed by atoms with E-state index in [1.807, 2.05) is 0 Å². The number of hydrogen-bond donors (Lipinski definition) is 0. The van der Waals surface area contributed by atoms with Crippen LogP contribution in [0.25, 0.3) is 10.9 Å². The fourth-order valence-corrected chi connectivity index (χ4v) is 5.46. The first-order valence-electron chi connectivity index (χ1n) is 9.34. The molecule has 2 aromatic rings. The van der Waals surface area contributed by atoms with Gasteiger partial charge < -0.3 is 13.5 Å². The van der Waals surface area contributed by atoms with E-state index in [2.05, 4.69) is 90.2 Å². The number of nitrogens with zero attached hydrogens (tertiary/aromatic N) is 1. The molecule has 142 valence electrons. The van der Waals surface area contributed by atoms with Gasteiger partial charge in [0.1, 0.15) is 0 Å². The minimum atomic E-state index is -1.75. The van der Waals surface area contributed by atoms with Crippen LogP contribution in [0.1, 0.15) is 48.5 Å². The summed E-state index contributed by atoms with van der Waals surface area (Å²) in [4.78, 5) is 0. The topological polar surface area (TPSA) is 23.4 Å². The lowest BCUT2D eigenvalue weighted by atomic mass is 9.79. The molecular weight excluding hydrogens is 361 g/mol. The molecule has 6 heteroatoms. The Morgan fingerprint density at radius 1 is 1.04 bits per heavy atom. The molecule has 1 aromatic carbocycles. The van der Waals surface area contributed by atoms with Crippen LogP contribution in [0.5, 0.6) is 0 Å². The van der Waals surface area contributed by atoms with Crippen molar-refractivity contribution in [3.8, 4) is 0 Å². The number of halogens is 1. The van der Waals surface area contributed by atoms with Crippen molar-refractivity contribution in [3.63, 3.8) is 0 Å². The van der Waals surface area contributed by atoms with Crippen molar-refractivity contribution in [2.75, 3.05) is 0 Å². The lowest BCUT2D eigenvalue weighted by Gasteiger charge is -2.38. The number of rotatable bonds is 2. The molecule has 0 radical (unpaired) electrons. The van der Waals surface area contributed by atoms with E-state index < -0.39 is 8.24 Å². The molecule has 1 aliphatic rings. The Morgan fingerprint density at radius 3 is 2.08 bits per heavy atom. The first-order valence-corrected chi connectivity index (χ1v) is 12.7. The van der Waals surface area contributed by atoms with Gasteiger partial charge in [-0.2, -0.15) is 0 Å². The first-order chi connectivity index (χ1) is 11.7. The third-order valence-corrected chi connectivity index (χ3v) is 12.3. The second-order valence-electron chi connectivity index (χ2n) is 10.0. The van der Waals surface area contributed by atoms with Crippen molar-refractivity contribution in [1.82, 2.24) is 4.23 Å². The summed E-state index contributed by atoms with van der Waals surface area (Å²) in [5.74, 6) is 0. The molecular formula is C20H31BClNO2Si. The van der Waals surface area contributed by atoms with Crippen molar-refractivity contribution in [2.24, 2.45) is 0 Å². The number of hydrogen-bond acceptors (Lipinski definition) is 2. The van der Waals surface area contributed by atoms with Gasteiger partial charge in [0.2, 0.25) is 0 Å². The molecule has 0 spiro atoms. The minimum absolute atomic E-state index is 0.229. The van der Waals surface area contributed by atoms with Crippen molar-refractivity contribution < 1.29 is 9.31 Å². The molecule has 0 aliphatic carbocycles. The summed E-state index contributed by atoms with van der Waals surface area (Å²) >= 11 is 6.64. The van der Waals surface area contributed by atoms with Crippen LogP contribution in [0.4, 0.5) is 0 Å². The molecule has 0 bridgehead atoms. The molecule has 0 unspecified atom stereocenters. The summed E-state index contributed by atoms with van der Waals surface area (Å²) in [6.45, 7) is 20.0. The molecule has 1 saturated heterocycles. The van der Waals surface area contributed by atoms with Crippen LogP contribution in [-0.4, -0.2) is 30.8 Å². The average Bonchev–Trinajstić information content (AvgIpc) is 2.92. The standard InChI is InChI=1S/C20H31BClNO2Si/c1-18(2,3)26(8,9)23-13-16(22)15-12-14(10-11-17(15)23)21-24-19(4,5)20(6,7)25-21/h10-13H,1-9H3. The molecule has 1 aromatic heterocycles. The van der Waals surface area contributed by atoms with Gasteiger partial charge in [0, 0.05) is 17.1 Å². The summed E-state index contributed by atoms with van der Waals surface area (Å²) in [7, 11) is -2.11. The minimum Gasteiger partial charge on any atom is -0.399 e. The van der Waals surface area contributed by atoms with Gasteiger partial charge in [0.05, 0.1) is 16.2 Å². The predicted octanol–water partition coefficient (Wildman–Crippen LogP) is 5.45. The Kier molecular flexibility index (Phi) is 4.52. The van der Waals surface area contributed by atoms with Gasteiger partial charge in [0.25, 0.3) is 0 Å². The van der Waals surface area contributed by atoms with Gasteiger partial charge in [-0.15, -0.1) is 0 Å². The van der Waals surface area contributed by atoms with Crippen LogP contribution >= 0.6 is 11.6 Å². The molecule has 1 aliphatic heterocycles. The molecule has 0 N–H and O–H groups in total. The summed E-state index contributed by atoms with van der Waals surface area (Å²) in [5, 5.41) is 2.10. The van der Waals surface area contributed by atoms with Crippen LogP contribution in [0, 0.1) is 0 Å². The Balaban J connectivity index is 2.06. The van der Waals surface area contributed by atoms with E-state index in [0.717, 1.165) is 15.9 Å². The highest BCUT2D eigenvalue weighted by molar-refractivity contribution is 6.79. The monoisotopic (exact) mass is 391 g/mol. The number of fused-ring (bicyclic) bond motifs is 1. The first kappa shape index (κ1) is 20.0. The highest BCUT2D eigenvalue weighted by Crippen LogP contribution is 2.41. The van der Waals surface area contributed by atoms with Crippen LogP contribution in [0.2, 0.25) is 23.2 Å². The molecule has 3 rings (SSSR count). The molecule has 2 heterocycles. The third-order valence-electron chi connectivity index (χ3n) is 6.74. The van der Waals surface area contributed by atoms with Gasteiger partial charge >= 0.3 is 7.12 Å². The van der Waals surface area contributed by atoms with Crippen LogP contribution < -0.4 is 5.46 Å². The van der Waals surface area contributed by atoms with Gasteiger partial charge in [-0.3, -0.25) is 0 Å². The van der Waals surface area contributed by atoms with E-state index in [0.29, 0.717) is 0 Å². The van der Waals surface area contributed by atoms with Crippen molar-refractivity contribution in [3.05, 3.63) is 29.4 Å². The average molecular weight is 392 g/mol. The van der Waals surface area contributed by atoms with Gasteiger partial charge in [-0.05, 0) is 44.3 Å². The van der Waals surface area contributed by atoms with E-state index in [1.54, 1.807) is 0 Å². The van der Waals surface area contributed by atoms with Crippen LogP contribution in [-0.2, 0) is 9.31 Å². The molecule has 3 nitrogen and oxygen atoms in total. The fourth-order valence-electron chi connectivity index (χ4n) is 3.16. The lowest BCUT2D eigenvalue weighted by molar-refractivity contribution is 0.00578. The number of aromatic nitrogens is 1. The SMILES string of the molecule is CC1(C)OB(c2ccc3c(c2)c(Cl)cn3[Si](C)(C)C(C)(C)C)OC1(C)C. The van der Waals surface area contributed by atoms with Gasteiger partial charge in [-0.25, -0.2) is 0 Å². The summed E-state index contributed by atoms with van der Waals surface area (Å²) < 4.78 is 14.8. The molecule has 0 atom stereocenters. The van der Waals surface area contributed by atoms with Crippen LogP contribution in [0.3, 0.4) is 0 Å².